The molecule has 1 aliphatic heterocycles. The normalized spacial score (nSPS) is 21.8. The van der Waals surface area contributed by atoms with Gasteiger partial charge in [-0.25, -0.2) is 4.98 Å². The van der Waals surface area contributed by atoms with Crippen LogP contribution in [0.1, 0.15) is 19.8 Å². The molecule has 0 saturated carbocycles. The summed E-state index contributed by atoms with van der Waals surface area (Å²) >= 11 is 0. The molecule has 2 heterocycles. The van der Waals surface area contributed by atoms with E-state index in [1.54, 1.807) is 13.3 Å². The van der Waals surface area contributed by atoms with E-state index >= 15 is 0 Å². The fraction of sp³-hybridized carbons (Fsp3) is 0.583. The molecule has 0 spiro atoms. The first-order valence-corrected chi connectivity index (χ1v) is 5.68. The number of hydrogen-bond donors (Lipinski definition) is 1. The van der Waals surface area contributed by atoms with Gasteiger partial charge < -0.3 is 14.8 Å². The Morgan fingerprint density at radius 2 is 2.50 bits per heavy atom. The standard InChI is InChI=1S/C12H18N2O2/c1-9(11-4-3-7-16-11)14-10-5-6-13-12(8-10)15-2/h5-6,8-9,11H,3-4,7H2,1-2H3,(H,13,14). The minimum Gasteiger partial charge on any atom is -0.481 e. The first-order valence-electron chi connectivity index (χ1n) is 5.68. The Labute approximate surface area is 96.0 Å². The van der Waals surface area contributed by atoms with E-state index in [4.69, 9.17) is 9.47 Å². The Morgan fingerprint density at radius 3 is 3.19 bits per heavy atom. The Balaban J connectivity index is 1.96. The summed E-state index contributed by atoms with van der Waals surface area (Å²) < 4.78 is 10.7. The van der Waals surface area contributed by atoms with Gasteiger partial charge in [-0.3, -0.25) is 0 Å². The highest BCUT2D eigenvalue weighted by Crippen LogP contribution is 2.20. The molecule has 0 radical (unpaired) electrons. The van der Waals surface area contributed by atoms with Crippen LogP contribution in [0.5, 0.6) is 5.88 Å². The first-order chi connectivity index (χ1) is 7.79. The maximum atomic E-state index is 5.63. The van der Waals surface area contributed by atoms with Crippen LogP contribution in [0.2, 0.25) is 0 Å². The van der Waals surface area contributed by atoms with Crippen molar-refractivity contribution >= 4 is 5.69 Å². The molecule has 88 valence electrons. The number of aromatic nitrogens is 1. The van der Waals surface area contributed by atoms with Gasteiger partial charge in [-0.1, -0.05) is 0 Å². The van der Waals surface area contributed by atoms with Gasteiger partial charge in [0, 0.05) is 30.6 Å². The van der Waals surface area contributed by atoms with E-state index in [-0.39, 0.29) is 0 Å². The number of pyridine rings is 1. The highest BCUT2D eigenvalue weighted by Gasteiger charge is 2.22. The fourth-order valence-corrected chi connectivity index (χ4v) is 1.96. The molecule has 1 aromatic heterocycles. The quantitative estimate of drug-likeness (QED) is 0.847. The van der Waals surface area contributed by atoms with Crippen molar-refractivity contribution in [2.45, 2.75) is 31.9 Å². The lowest BCUT2D eigenvalue weighted by Crippen LogP contribution is -2.29. The van der Waals surface area contributed by atoms with Gasteiger partial charge in [0.1, 0.15) is 0 Å². The summed E-state index contributed by atoms with van der Waals surface area (Å²) in [6.45, 7) is 3.03. The van der Waals surface area contributed by atoms with Crippen molar-refractivity contribution in [3.05, 3.63) is 18.3 Å². The molecule has 1 aromatic rings. The van der Waals surface area contributed by atoms with E-state index in [0.29, 0.717) is 18.0 Å². The molecule has 4 nitrogen and oxygen atoms in total. The SMILES string of the molecule is COc1cc(NC(C)C2CCCO2)ccn1. The van der Waals surface area contributed by atoms with Gasteiger partial charge in [-0.2, -0.15) is 0 Å². The van der Waals surface area contributed by atoms with Gasteiger partial charge in [0.2, 0.25) is 5.88 Å². The lowest BCUT2D eigenvalue weighted by molar-refractivity contribution is 0.0996. The Hall–Kier alpha value is -1.29. The van der Waals surface area contributed by atoms with Gasteiger partial charge in [0.15, 0.2) is 0 Å². The fourth-order valence-electron chi connectivity index (χ4n) is 1.96. The average molecular weight is 222 g/mol. The van der Waals surface area contributed by atoms with E-state index < -0.39 is 0 Å². The molecule has 16 heavy (non-hydrogen) atoms. The number of rotatable bonds is 4. The topological polar surface area (TPSA) is 43.4 Å². The van der Waals surface area contributed by atoms with Crippen LogP contribution in [0, 0.1) is 0 Å². The van der Waals surface area contributed by atoms with Crippen LogP contribution < -0.4 is 10.1 Å². The zero-order chi connectivity index (χ0) is 11.4. The number of methoxy groups -OCH3 is 1. The van der Waals surface area contributed by atoms with E-state index in [0.717, 1.165) is 25.1 Å². The molecule has 1 aliphatic rings. The molecule has 0 aliphatic carbocycles. The second-order valence-electron chi connectivity index (χ2n) is 4.07. The second kappa shape index (κ2) is 5.16. The van der Waals surface area contributed by atoms with Crippen LogP contribution in [0.3, 0.4) is 0 Å². The Bertz CT molecular complexity index is 338. The van der Waals surface area contributed by atoms with E-state index in [1.165, 1.54) is 0 Å². The van der Waals surface area contributed by atoms with E-state index in [9.17, 15) is 0 Å². The molecule has 1 saturated heterocycles. The smallest absolute Gasteiger partial charge is 0.214 e. The van der Waals surface area contributed by atoms with Gasteiger partial charge in [-0.15, -0.1) is 0 Å². The summed E-state index contributed by atoms with van der Waals surface area (Å²) in [5.74, 6) is 0.629. The molecule has 2 atom stereocenters. The van der Waals surface area contributed by atoms with Crippen LogP contribution in [-0.2, 0) is 4.74 Å². The molecule has 0 aromatic carbocycles. The van der Waals surface area contributed by atoms with Crippen LogP contribution in [0.15, 0.2) is 18.3 Å². The highest BCUT2D eigenvalue weighted by molar-refractivity contribution is 5.45. The van der Waals surface area contributed by atoms with Crippen molar-refractivity contribution < 1.29 is 9.47 Å². The molecule has 2 rings (SSSR count). The molecular formula is C12H18N2O2. The number of nitrogens with one attached hydrogen (secondary N) is 1. The maximum Gasteiger partial charge on any atom is 0.214 e. The third kappa shape index (κ3) is 2.64. The lowest BCUT2D eigenvalue weighted by Gasteiger charge is -2.21. The summed E-state index contributed by atoms with van der Waals surface area (Å²) in [7, 11) is 1.62. The third-order valence-corrected chi connectivity index (χ3v) is 2.86. The monoisotopic (exact) mass is 222 g/mol. The lowest BCUT2D eigenvalue weighted by atomic mass is 10.1. The summed E-state index contributed by atoms with van der Waals surface area (Å²) in [4.78, 5) is 4.07. The van der Waals surface area contributed by atoms with Crippen molar-refractivity contribution in [3.8, 4) is 5.88 Å². The summed E-state index contributed by atoms with van der Waals surface area (Å²) in [5.41, 5.74) is 1.02. The van der Waals surface area contributed by atoms with Crippen molar-refractivity contribution in [1.29, 1.82) is 0 Å². The van der Waals surface area contributed by atoms with Gasteiger partial charge in [0.25, 0.3) is 0 Å². The van der Waals surface area contributed by atoms with Crippen molar-refractivity contribution in [2.75, 3.05) is 19.0 Å². The molecule has 0 amide bonds. The molecular weight excluding hydrogens is 204 g/mol. The average Bonchev–Trinajstić information content (AvgIpc) is 2.83. The van der Waals surface area contributed by atoms with E-state index in [1.807, 2.05) is 12.1 Å². The van der Waals surface area contributed by atoms with Crippen LogP contribution in [0.25, 0.3) is 0 Å². The van der Waals surface area contributed by atoms with Crippen LogP contribution in [0.4, 0.5) is 5.69 Å². The molecule has 1 N–H and O–H groups in total. The van der Waals surface area contributed by atoms with Crippen LogP contribution in [-0.4, -0.2) is 30.8 Å². The van der Waals surface area contributed by atoms with Gasteiger partial charge in [-0.05, 0) is 25.8 Å². The summed E-state index contributed by atoms with van der Waals surface area (Å²) in [6, 6.07) is 4.15. The number of ether oxygens (including phenoxy) is 2. The van der Waals surface area contributed by atoms with Gasteiger partial charge >= 0.3 is 0 Å². The van der Waals surface area contributed by atoms with Crippen molar-refractivity contribution in [2.24, 2.45) is 0 Å². The third-order valence-electron chi connectivity index (χ3n) is 2.86. The molecule has 0 bridgehead atoms. The minimum atomic E-state index is 0.314. The zero-order valence-electron chi connectivity index (χ0n) is 9.77. The second-order valence-corrected chi connectivity index (χ2v) is 4.07. The summed E-state index contributed by atoms with van der Waals surface area (Å²) in [6.07, 6.45) is 4.36. The van der Waals surface area contributed by atoms with Crippen molar-refractivity contribution in [1.82, 2.24) is 4.98 Å². The predicted octanol–water partition coefficient (Wildman–Crippen LogP) is 2.07. The Kier molecular flexibility index (Phi) is 3.62. The highest BCUT2D eigenvalue weighted by atomic mass is 16.5. The molecule has 4 heteroatoms. The predicted molar refractivity (Wildman–Crippen MR) is 62.8 cm³/mol. The summed E-state index contributed by atoms with van der Waals surface area (Å²) in [5, 5.41) is 3.41. The molecule has 2 unspecified atom stereocenters. The first kappa shape index (κ1) is 11.2. The molecule has 1 fully saturated rings. The van der Waals surface area contributed by atoms with Gasteiger partial charge in [0.05, 0.1) is 13.2 Å². The largest absolute Gasteiger partial charge is 0.481 e. The number of hydrogen-bond acceptors (Lipinski definition) is 4. The van der Waals surface area contributed by atoms with Crippen LogP contribution >= 0.6 is 0 Å². The Morgan fingerprint density at radius 1 is 1.62 bits per heavy atom. The number of anilines is 1. The number of nitrogens with zero attached hydrogens (tertiary/aromatic N) is 1. The van der Waals surface area contributed by atoms with Crippen molar-refractivity contribution in [3.63, 3.8) is 0 Å². The maximum absolute atomic E-state index is 5.63. The van der Waals surface area contributed by atoms with E-state index in [2.05, 4.69) is 17.2 Å². The zero-order valence-corrected chi connectivity index (χ0v) is 9.77. The minimum absolute atomic E-state index is 0.314.